The summed E-state index contributed by atoms with van der Waals surface area (Å²) >= 11 is 0. The maximum Gasteiger partial charge on any atom is 0.263 e. The van der Waals surface area contributed by atoms with Gasteiger partial charge in [-0.1, -0.05) is 68.8 Å². The van der Waals surface area contributed by atoms with Crippen molar-refractivity contribution in [2.75, 3.05) is 17.9 Å². The predicted octanol–water partition coefficient (Wildman–Crippen LogP) is 5.40. The zero-order chi connectivity index (χ0) is 26.5. The molecule has 0 saturated heterocycles. The van der Waals surface area contributed by atoms with Crippen LogP contribution in [0.1, 0.15) is 31.9 Å². The lowest BCUT2D eigenvalue weighted by Gasteiger charge is -2.19. The second kappa shape index (κ2) is 11.0. The maximum absolute atomic E-state index is 13.3. The summed E-state index contributed by atoms with van der Waals surface area (Å²) in [5, 5.41) is 0. The lowest BCUT2D eigenvalue weighted by atomic mass is 9.87. The van der Waals surface area contributed by atoms with Crippen LogP contribution in [0.4, 0.5) is 5.82 Å². The molecule has 37 heavy (non-hydrogen) atoms. The molecule has 0 aliphatic rings. The number of aryl methyl sites for hydroxylation is 1. The number of anilines is 1. The van der Waals surface area contributed by atoms with E-state index in [-0.39, 0.29) is 35.2 Å². The van der Waals surface area contributed by atoms with Crippen LogP contribution in [-0.2, 0) is 15.4 Å². The molecule has 0 spiro atoms. The summed E-state index contributed by atoms with van der Waals surface area (Å²) in [7, 11) is -3.92. The Kier molecular flexibility index (Phi) is 7.73. The molecule has 0 fully saturated rings. The molecule has 2 heterocycles. The fraction of sp³-hybridized carbons (Fsp3) is 0.250. The van der Waals surface area contributed by atoms with Crippen molar-refractivity contribution >= 4 is 15.8 Å². The molecule has 4 rings (SSSR count). The molecule has 0 atom stereocenters. The van der Waals surface area contributed by atoms with Gasteiger partial charge in [0.2, 0.25) is 11.8 Å². The third kappa shape index (κ3) is 6.62. The standard InChI is InChI=1S/C28H30N4O4S/c1-20-8-10-21(11-9-20)25-26(32-37(33,34)23-14-12-22(13-15-23)28(2,3)4)30-19-31-27(25)36-18-17-35-24-7-5-6-16-29-24/h5-16,19H,17-18H2,1-4H3,(H,30,31,32). The number of nitrogens with one attached hydrogen (secondary N) is 1. The zero-order valence-corrected chi connectivity index (χ0v) is 22.1. The molecule has 2 aromatic carbocycles. The summed E-state index contributed by atoms with van der Waals surface area (Å²) in [6, 6.07) is 19.9. The molecule has 1 N–H and O–H groups in total. The Morgan fingerprint density at radius 1 is 0.838 bits per heavy atom. The molecule has 2 aromatic heterocycles. The fourth-order valence-corrected chi connectivity index (χ4v) is 4.60. The van der Waals surface area contributed by atoms with E-state index in [0.29, 0.717) is 17.0 Å². The number of aromatic nitrogens is 3. The van der Waals surface area contributed by atoms with Crippen molar-refractivity contribution in [3.8, 4) is 22.9 Å². The quantitative estimate of drug-likeness (QED) is 0.296. The monoisotopic (exact) mass is 518 g/mol. The molecule has 0 unspecified atom stereocenters. The van der Waals surface area contributed by atoms with Crippen LogP contribution in [0.15, 0.2) is 84.1 Å². The van der Waals surface area contributed by atoms with Gasteiger partial charge in [-0.3, -0.25) is 4.72 Å². The number of hydrogen-bond acceptors (Lipinski definition) is 7. The minimum Gasteiger partial charge on any atom is -0.474 e. The lowest BCUT2D eigenvalue weighted by molar-refractivity contribution is 0.207. The number of benzene rings is 2. The second-order valence-electron chi connectivity index (χ2n) is 9.51. The molecule has 0 saturated carbocycles. The summed E-state index contributed by atoms with van der Waals surface area (Å²) < 4.78 is 40.7. The first-order chi connectivity index (χ1) is 17.6. The van der Waals surface area contributed by atoms with Crippen LogP contribution in [0.25, 0.3) is 11.1 Å². The average molecular weight is 519 g/mol. The number of rotatable bonds is 9. The topological polar surface area (TPSA) is 103 Å². The average Bonchev–Trinajstić information content (AvgIpc) is 2.87. The minimum absolute atomic E-state index is 0.0898. The molecular formula is C28H30N4O4S. The van der Waals surface area contributed by atoms with Gasteiger partial charge >= 0.3 is 0 Å². The van der Waals surface area contributed by atoms with E-state index < -0.39 is 10.0 Å². The van der Waals surface area contributed by atoms with E-state index in [0.717, 1.165) is 11.1 Å². The summed E-state index contributed by atoms with van der Waals surface area (Å²) in [6.45, 7) is 8.61. The number of nitrogens with zero attached hydrogens (tertiary/aromatic N) is 3. The first-order valence-corrected chi connectivity index (χ1v) is 13.3. The van der Waals surface area contributed by atoms with Gasteiger partial charge in [0.25, 0.3) is 10.0 Å². The van der Waals surface area contributed by atoms with E-state index in [1.54, 1.807) is 30.5 Å². The molecular weight excluding hydrogens is 488 g/mol. The van der Waals surface area contributed by atoms with Gasteiger partial charge in [0.05, 0.1) is 10.5 Å². The summed E-state index contributed by atoms with van der Waals surface area (Å²) in [4.78, 5) is 12.8. The highest BCUT2D eigenvalue weighted by atomic mass is 32.2. The molecule has 8 nitrogen and oxygen atoms in total. The van der Waals surface area contributed by atoms with E-state index >= 15 is 0 Å². The highest BCUT2D eigenvalue weighted by Gasteiger charge is 2.22. The summed E-state index contributed by atoms with van der Waals surface area (Å²) in [5.41, 5.74) is 3.17. The van der Waals surface area contributed by atoms with Gasteiger partial charge in [-0.25, -0.2) is 23.4 Å². The summed E-state index contributed by atoms with van der Waals surface area (Å²) in [5.74, 6) is 0.849. The molecule has 0 amide bonds. The van der Waals surface area contributed by atoms with Gasteiger partial charge < -0.3 is 9.47 Å². The van der Waals surface area contributed by atoms with Crippen LogP contribution in [0.2, 0.25) is 0 Å². The van der Waals surface area contributed by atoms with E-state index in [9.17, 15) is 8.42 Å². The molecule has 0 radical (unpaired) electrons. The van der Waals surface area contributed by atoms with E-state index in [2.05, 4.69) is 40.4 Å². The molecule has 9 heteroatoms. The van der Waals surface area contributed by atoms with Crippen molar-refractivity contribution in [1.29, 1.82) is 0 Å². The van der Waals surface area contributed by atoms with E-state index in [1.807, 2.05) is 49.4 Å². The van der Waals surface area contributed by atoms with Crippen LogP contribution < -0.4 is 14.2 Å². The smallest absolute Gasteiger partial charge is 0.263 e. The number of pyridine rings is 1. The first kappa shape index (κ1) is 26.1. The Morgan fingerprint density at radius 2 is 1.54 bits per heavy atom. The maximum atomic E-state index is 13.3. The number of ether oxygens (including phenoxy) is 2. The van der Waals surface area contributed by atoms with Crippen LogP contribution in [-0.4, -0.2) is 36.6 Å². The predicted molar refractivity (Wildman–Crippen MR) is 143 cm³/mol. The Hall–Kier alpha value is -3.98. The largest absolute Gasteiger partial charge is 0.474 e. The van der Waals surface area contributed by atoms with Crippen LogP contribution in [0, 0.1) is 6.92 Å². The third-order valence-electron chi connectivity index (χ3n) is 5.62. The Labute approximate surface area is 217 Å². The highest BCUT2D eigenvalue weighted by Crippen LogP contribution is 2.35. The second-order valence-corrected chi connectivity index (χ2v) is 11.2. The van der Waals surface area contributed by atoms with E-state index in [4.69, 9.17) is 9.47 Å². The van der Waals surface area contributed by atoms with Gasteiger partial charge in [-0.2, -0.15) is 0 Å². The van der Waals surface area contributed by atoms with Crippen molar-refractivity contribution in [3.05, 3.63) is 90.4 Å². The van der Waals surface area contributed by atoms with Crippen molar-refractivity contribution in [1.82, 2.24) is 15.0 Å². The normalized spacial score (nSPS) is 11.7. The number of hydrogen-bond donors (Lipinski definition) is 1. The molecule has 0 aliphatic carbocycles. The SMILES string of the molecule is Cc1ccc(-c2c(NS(=O)(=O)c3ccc(C(C)(C)C)cc3)ncnc2OCCOc2ccccn2)cc1. The van der Waals surface area contributed by atoms with E-state index in [1.165, 1.54) is 6.33 Å². The van der Waals surface area contributed by atoms with Gasteiger partial charge in [-0.15, -0.1) is 0 Å². The minimum atomic E-state index is -3.92. The Balaban J connectivity index is 1.61. The Bertz CT molecular complexity index is 1430. The molecule has 4 aromatic rings. The van der Waals surface area contributed by atoms with Crippen molar-refractivity contribution in [3.63, 3.8) is 0 Å². The van der Waals surface area contributed by atoms with Crippen molar-refractivity contribution in [2.45, 2.75) is 38.0 Å². The zero-order valence-electron chi connectivity index (χ0n) is 21.3. The van der Waals surface area contributed by atoms with Gasteiger partial charge in [0.15, 0.2) is 5.82 Å². The fourth-order valence-electron chi connectivity index (χ4n) is 3.57. The molecule has 0 aliphatic heterocycles. The van der Waals surface area contributed by atoms with Gasteiger partial charge in [0, 0.05) is 12.3 Å². The van der Waals surface area contributed by atoms with Crippen molar-refractivity contribution in [2.24, 2.45) is 0 Å². The first-order valence-electron chi connectivity index (χ1n) is 11.9. The van der Waals surface area contributed by atoms with Crippen molar-refractivity contribution < 1.29 is 17.9 Å². The van der Waals surface area contributed by atoms with Crippen LogP contribution >= 0.6 is 0 Å². The van der Waals surface area contributed by atoms with Crippen LogP contribution in [0.3, 0.4) is 0 Å². The lowest BCUT2D eigenvalue weighted by Crippen LogP contribution is -2.17. The molecule has 0 bridgehead atoms. The summed E-state index contributed by atoms with van der Waals surface area (Å²) in [6.07, 6.45) is 2.92. The van der Waals surface area contributed by atoms with Crippen LogP contribution in [0.5, 0.6) is 11.8 Å². The third-order valence-corrected chi connectivity index (χ3v) is 6.98. The molecule has 192 valence electrons. The highest BCUT2D eigenvalue weighted by molar-refractivity contribution is 7.92. The number of sulfonamides is 1. The Morgan fingerprint density at radius 3 is 2.19 bits per heavy atom. The van der Waals surface area contributed by atoms with Gasteiger partial charge in [0.1, 0.15) is 19.5 Å². The van der Waals surface area contributed by atoms with Gasteiger partial charge in [-0.05, 0) is 41.7 Å².